The predicted octanol–water partition coefficient (Wildman–Crippen LogP) is 4.08. The van der Waals surface area contributed by atoms with E-state index in [9.17, 15) is 14.7 Å². The summed E-state index contributed by atoms with van der Waals surface area (Å²) in [5.41, 5.74) is 2.21. The first-order valence-corrected chi connectivity index (χ1v) is 9.88. The van der Waals surface area contributed by atoms with Crippen LogP contribution < -0.4 is 0 Å². The van der Waals surface area contributed by atoms with Gasteiger partial charge in [-0.25, -0.2) is 4.79 Å². The Balaban J connectivity index is 1.67. The molecule has 0 unspecified atom stereocenters. The summed E-state index contributed by atoms with van der Waals surface area (Å²) in [5, 5.41) is 9.56. The monoisotopic (exact) mass is 379 g/mol. The Hall–Kier alpha value is -2.66. The maximum Gasteiger partial charge on any atom is 0.336 e. The lowest BCUT2D eigenvalue weighted by Gasteiger charge is -2.45. The largest absolute Gasteiger partial charge is 0.478 e. The van der Waals surface area contributed by atoms with Crippen molar-refractivity contribution in [2.24, 2.45) is 5.41 Å². The number of rotatable bonds is 3. The molecule has 0 bridgehead atoms. The lowest BCUT2D eigenvalue weighted by atomic mass is 9.74. The summed E-state index contributed by atoms with van der Waals surface area (Å²) in [7, 11) is 0. The van der Waals surface area contributed by atoms with E-state index in [4.69, 9.17) is 4.74 Å². The number of likely N-dealkylation sites (tertiary alicyclic amines) is 1. The number of hydrogen-bond donors (Lipinski definition) is 1. The van der Waals surface area contributed by atoms with Crippen LogP contribution in [0.2, 0.25) is 0 Å². The summed E-state index contributed by atoms with van der Waals surface area (Å²) in [5.74, 6) is -1.00. The second kappa shape index (κ2) is 7.76. The van der Waals surface area contributed by atoms with Crippen LogP contribution in [0.15, 0.2) is 48.5 Å². The van der Waals surface area contributed by atoms with Crippen LogP contribution >= 0.6 is 0 Å². The molecular weight excluding hydrogens is 354 g/mol. The molecule has 2 saturated heterocycles. The molecule has 2 aromatic carbocycles. The van der Waals surface area contributed by atoms with Gasteiger partial charge in [-0.3, -0.25) is 4.79 Å². The Morgan fingerprint density at radius 1 is 0.893 bits per heavy atom. The standard InChI is InChI=1S/C23H25NO4/c25-21(24-13-5-10-23(16-24)11-14-28-15-12-23)19-8-3-1-6-17(19)18-7-2-4-9-20(18)22(26)27/h1-4,6-9H,5,10-16H2,(H,26,27). The third kappa shape index (κ3) is 3.54. The summed E-state index contributed by atoms with van der Waals surface area (Å²) in [6.07, 6.45) is 4.14. The quantitative estimate of drug-likeness (QED) is 0.872. The van der Waals surface area contributed by atoms with Gasteiger partial charge in [-0.05, 0) is 54.4 Å². The minimum atomic E-state index is -0.989. The number of nitrogens with zero attached hydrogens (tertiary/aromatic N) is 1. The zero-order chi connectivity index (χ0) is 19.6. The van der Waals surface area contributed by atoms with E-state index in [1.807, 2.05) is 29.2 Å². The molecule has 2 fully saturated rings. The fourth-order valence-electron chi connectivity index (χ4n) is 4.57. The van der Waals surface area contributed by atoms with E-state index in [2.05, 4.69) is 0 Å². The third-order valence-electron chi connectivity index (χ3n) is 6.11. The Labute approximate surface area is 164 Å². The molecule has 2 aromatic rings. The SMILES string of the molecule is O=C(O)c1ccccc1-c1ccccc1C(=O)N1CCCC2(CCOCC2)C1. The lowest BCUT2D eigenvalue weighted by Crippen LogP contribution is -2.48. The normalized spacial score (nSPS) is 18.8. The Morgan fingerprint density at radius 2 is 1.50 bits per heavy atom. The molecule has 2 aliphatic heterocycles. The lowest BCUT2D eigenvalue weighted by molar-refractivity contribution is -0.0229. The van der Waals surface area contributed by atoms with Gasteiger partial charge in [-0.2, -0.15) is 0 Å². The van der Waals surface area contributed by atoms with E-state index < -0.39 is 5.97 Å². The minimum Gasteiger partial charge on any atom is -0.478 e. The first kappa shape index (κ1) is 18.7. The molecule has 0 aliphatic carbocycles. The van der Waals surface area contributed by atoms with Crippen LogP contribution in [0.25, 0.3) is 11.1 Å². The van der Waals surface area contributed by atoms with Crippen molar-refractivity contribution in [2.45, 2.75) is 25.7 Å². The number of amides is 1. The molecule has 146 valence electrons. The zero-order valence-corrected chi connectivity index (χ0v) is 15.9. The van der Waals surface area contributed by atoms with Crippen molar-refractivity contribution in [2.75, 3.05) is 26.3 Å². The van der Waals surface area contributed by atoms with Gasteiger partial charge >= 0.3 is 5.97 Å². The van der Waals surface area contributed by atoms with Crippen molar-refractivity contribution in [3.05, 3.63) is 59.7 Å². The second-order valence-electron chi connectivity index (χ2n) is 7.84. The molecule has 0 atom stereocenters. The maximum absolute atomic E-state index is 13.4. The van der Waals surface area contributed by atoms with Crippen LogP contribution in [0.5, 0.6) is 0 Å². The van der Waals surface area contributed by atoms with Gasteiger partial charge in [0.05, 0.1) is 5.56 Å². The van der Waals surface area contributed by atoms with E-state index in [0.29, 0.717) is 16.7 Å². The van der Waals surface area contributed by atoms with Gasteiger partial charge in [0.15, 0.2) is 0 Å². The van der Waals surface area contributed by atoms with E-state index in [0.717, 1.165) is 52.0 Å². The fraction of sp³-hybridized carbons (Fsp3) is 0.391. The van der Waals surface area contributed by atoms with E-state index in [1.54, 1.807) is 24.3 Å². The summed E-state index contributed by atoms with van der Waals surface area (Å²) in [6, 6.07) is 14.2. The minimum absolute atomic E-state index is 0.0126. The van der Waals surface area contributed by atoms with Crippen LogP contribution in [0.3, 0.4) is 0 Å². The van der Waals surface area contributed by atoms with Gasteiger partial charge in [0.1, 0.15) is 0 Å². The number of piperidine rings is 1. The fourth-order valence-corrected chi connectivity index (χ4v) is 4.57. The molecule has 0 saturated carbocycles. The summed E-state index contributed by atoms with van der Waals surface area (Å²) in [6.45, 7) is 3.04. The highest BCUT2D eigenvalue weighted by atomic mass is 16.5. The number of benzene rings is 2. The third-order valence-corrected chi connectivity index (χ3v) is 6.11. The molecule has 1 spiro atoms. The van der Waals surface area contributed by atoms with Crippen LogP contribution in [0.4, 0.5) is 0 Å². The number of carbonyl (C=O) groups is 2. The smallest absolute Gasteiger partial charge is 0.336 e. The molecule has 1 N–H and O–H groups in total. The van der Waals surface area contributed by atoms with Gasteiger partial charge in [-0.15, -0.1) is 0 Å². The number of carboxylic acid groups (broad SMARTS) is 1. The summed E-state index contributed by atoms with van der Waals surface area (Å²) < 4.78 is 5.53. The van der Waals surface area contributed by atoms with Crippen LogP contribution in [-0.4, -0.2) is 48.2 Å². The van der Waals surface area contributed by atoms with Crippen LogP contribution in [0, 0.1) is 5.41 Å². The van der Waals surface area contributed by atoms with Gasteiger partial charge < -0.3 is 14.7 Å². The first-order valence-electron chi connectivity index (χ1n) is 9.88. The van der Waals surface area contributed by atoms with E-state index in [-0.39, 0.29) is 16.9 Å². The molecule has 2 aliphatic rings. The van der Waals surface area contributed by atoms with E-state index >= 15 is 0 Å². The molecule has 28 heavy (non-hydrogen) atoms. The van der Waals surface area contributed by atoms with Gasteiger partial charge in [0, 0.05) is 31.9 Å². The molecule has 0 radical (unpaired) electrons. The highest BCUT2D eigenvalue weighted by Crippen LogP contribution is 2.40. The van der Waals surface area contributed by atoms with Crippen molar-refractivity contribution in [1.82, 2.24) is 4.90 Å². The van der Waals surface area contributed by atoms with Crippen LogP contribution in [0.1, 0.15) is 46.4 Å². The molecule has 0 aromatic heterocycles. The highest BCUT2D eigenvalue weighted by Gasteiger charge is 2.38. The number of carbonyl (C=O) groups excluding carboxylic acids is 1. The Morgan fingerprint density at radius 3 is 2.18 bits per heavy atom. The topological polar surface area (TPSA) is 66.8 Å². The van der Waals surface area contributed by atoms with Crippen molar-refractivity contribution >= 4 is 11.9 Å². The van der Waals surface area contributed by atoms with Gasteiger partial charge in [0.25, 0.3) is 5.91 Å². The molecule has 4 rings (SSSR count). The molecule has 5 nitrogen and oxygen atoms in total. The second-order valence-corrected chi connectivity index (χ2v) is 7.84. The number of ether oxygens (including phenoxy) is 1. The first-order chi connectivity index (χ1) is 13.6. The average Bonchev–Trinajstić information content (AvgIpc) is 2.74. The average molecular weight is 379 g/mol. The number of carboxylic acids is 1. The Kier molecular flexibility index (Phi) is 5.18. The molecule has 1 amide bonds. The molecule has 2 heterocycles. The van der Waals surface area contributed by atoms with Crippen molar-refractivity contribution < 1.29 is 19.4 Å². The van der Waals surface area contributed by atoms with Crippen LogP contribution in [-0.2, 0) is 4.74 Å². The molecule has 5 heteroatoms. The van der Waals surface area contributed by atoms with E-state index in [1.165, 1.54) is 0 Å². The predicted molar refractivity (Wildman–Crippen MR) is 106 cm³/mol. The van der Waals surface area contributed by atoms with Gasteiger partial charge in [-0.1, -0.05) is 36.4 Å². The summed E-state index contributed by atoms with van der Waals surface area (Å²) in [4.78, 5) is 27.1. The Bertz CT molecular complexity index is 880. The van der Waals surface area contributed by atoms with Crippen molar-refractivity contribution in [3.63, 3.8) is 0 Å². The zero-order valence-electron chi connectivity index (χ0n) is 15.9. The number of aromatic carboxylic acids is 1. The van der Waals surface area contributed by atoms with Crippen molar-refractivity contribution in [1.29, 1.82) is 0 Å². The maximum atomic E-state index is 13.4. The van der Waals surface area contributed by atoms with Gasteiger partial charge in [0.2, 0.25) is 0 Å². The highest BCUT2D eigenvalue weighted by molar-refractivity contribution is 6.04. The molecular formula is C23H25NO4. The summed E-state index contributed by atoms with van der Waals surface area (Å²) >= 11 is 0. The van der Waals surface area contributed by atoms with Crippen molar-refractivity contribution in [3.8, 4) is 11.1 Å². The number of hydrogen-bond acceptors (Lipinski definition) is 3.